The van der Waals surface area contributed by atoms with Crippen LogP contribution in [0.1, 0.15) is 57.8 Å². The fourth-order valence-electron chi connectivity index (χ4n) is 6.08. The first-order valence-electron chi connectivity index (χ1n) is 9.35. The van der Waals surface area contributed by atoms with Gasteiger partial charge in [0.05, 0.1) is 18.5 Å². The zero-order chi connectivity index (χ0) is 15.1. The normalized spacial score (nSPS) is 43.5. The van der Waals surface area contributed by atoms with Crippen molar-refractivity contribution in [3.05, 3.63) is 11.3 Å². The number of rotatable bonds is 4. The Hall–Kier alpha value is 0.230. The molecular formula is C19H29IO2. The van der Waals surface area contributed by atoms with Crippen LogP contribution < -0.4 is 0 Å². The summed E-state index contributed by atoms with van der Waals surface area (Å²) in [6.07, 6.45) is 11.4. The molecule has 0 aliphatic heterocycles. The lowest BCUT2D eigenvalue weighted by atomic mass is 9.53. The summed E-state index contributed by atoms with van der Waals surface area (Å²) in [7, 11) is 0. The first-order chi connectivity index (χ1) is 10.7. The number of hydrogen-bond acceptors (Lipinski definition) is 2. The predicted octanol–water partition coefficient (Wildman–Crippen LogP) is 4.70. The van der Waals surface area contributed by atoms with Gasteiger partial charge in [-0.05, 0) is 80.6 Å². The highest BCUT2D eigenvalue weighted by molar-refractivity contribution is 14.1. The summed E-state index contributed by atoms with van der Waals surface area (Å²) < 4.78 is 7.43. The summed E-state index contributed by atoms with van der Waals surface area (Å²) in [6.45, 7) is 0.846. The van der Waals surface area contributed by atoms with E-state index in [2.05, 4.69) is 22.6 Å². The number of hydrogen-bond donors (Lipinski definition) is 1. The van der Waals surface area contributed by atoms with E-state index in [1.165, 1.54) is 44.3 Å². The number of ether oxygens (including phenoxy) is 1. The van der Waals surface area contributed by atoms with Crippen molar-refractivity contribution in [1.29, 1.82) is 0 Å². The fraction of sp³-hybridized carbons (Fsp3) is 0.895. The maximum absolute atomic E-state index is 10.1. The SMILES string of the molecule is OC1CCCC(C(OCCI)=C2C3CC4CC(C3)CC2C4)C1. The summed E-state index contributed by atoms with van der Waals surface area (Å²) in [5.41, 5.74) is 1.72. The van der Waals surface area contributed by atoms with Crippen molar-refractivity contribution in [2.75, 3.05) is 11.0 Å². The predicted molar refractivity (Wildman–Crippen MR) is 96.9 cm³/mol. The minimum atomic E-state index is -0.102. The highest BCUT2D eigenvalue weighted by atomic mass is 127. The number of halogens is 1. The Morgan fingerprint density at radius 3 is 2.27 bits per heavy atom. The number of aliphatic hydroxyl groups is 1. The van der Waals surface area contributed by atoms with Gasteiger partial charge in [-0.25, -0.2) is 0 Å². The molecule has 0 aromatic heterocycles. The zero-order valence-electron chi connectivity index (χ0n) is 13.5. The third kappa shape index (κ3) is 2.97. The van der Waals surface area contributed by atoms with Crippen LogP contribution in [-0.4, -0.2) is 22.2 Å². The molecule has 0 aromatic carbocycles. The molecule has 5 saturated carbocycles. The van der Waals surface area contributed by atoms with Crippen LogP contribution in [0.15, 0.2) is 11.3 Å². The molecule has 3 heteroatoms. The van der Waals surface area contributed by atoms with Crippen molar-refractivity contribution in [2.24, 2.45) is 29.6 Å². The molecule has 5 fully saturated rings. The van der Waals surface area contributed by atoms with Gasteiger partial charge in [-0.2, -0.15) is 0 Å². The third-order valence-electron chi connectivity index (χ3n) is 6.65. The maximum Gasteiger partial charge on any atom is 0.0989 e. The van der Waals surface area contributed by atoms with E-state index in [4.69, 9.17) is 4.74 Å². The van der Waals surface area contributed by atoms with E-state index in [9.17, 15) is 5.11 Å². The van der Waals surface area contributed by atoms with Crippen molar-refractivity contribution < 1.29 is 9.84 Å². The van der Waals surface area contributed by atoms with Crippen LogP contribution in [0.4, 0.5) is 0 Å². The topological polar surface area (TPSA) is 29.5 Å². The van der Waals surface area contributed by atoms with Crippen molar-refractivity contribution in [1.82, 2.24) is 0 Å². The van der Waals surface area contributed by atoms with Crippen molar-refractivity contribution in [3.8, 4) is 0 Å². The second-order valence-corrected chi connectivity index (χ2v) is 9.26. The lowest BCUT2D eigenvalue weighted by Gasteiger charge is -2.52. The minimum absolute atomic E-state index is 0.102. The monoisotopic (exact) mass is 416 g/mol. The van der Waals surface area contributed by atoms with Gasteiger partial charge < -0.3 is 9.84 Å². The first-order valence-corrected chi connectivity index (χ1v) is 10.9. The molecule has 1 N–H and O–H groups in total. The molecule has 5 aliphatic rings. The van der Waals surface area contributed by atoms with Crippen LogP contribution in [0.3, 0.4) is 0 Å². The average Bonchev–Trinajstić information content (AvgIpc) is 2.49. The Kier molecular flexibility index (Phi) is 4.74. The van der Waals surface area contributed by atoms with Gasteiger partial charge in [0, 0.05) is 10.3 Å². The van der Waals surface area contributed by atoms with Crippen LogP contribution in [0.25, 0.3) is 0 Å². The molecule has 22 heavy (non-hydrogen) atoms. The second kappa shape index (κ2) is 6.62. The van der Waals surface area contributed by atoms with E-state index in [-0.39, 0.29) is 6.10 Å². The summed E-state index contributed by atoms with van der Waals surface area (Å²) >= 11 is 2.41. The Bertz CT molecular complexity index is 415. The van der Waals surface area contributed by atoms with E-state index in [0.717, 1.165) is 54.0 Å². The Morgan fingerprint density at radius 2 is 1.68 bits per heavy atom. The van der Waals surface area contributed by atoms with E-state index in [1.54, 1.807) is 5.57 Å². The minimum Gasteiger partial charge on any atom is -0.497 e. The molecule has 0 spiro atoms. The van der Waals surface area contributed by atoms with Gasteiger partial charge in [0.25, 0.3) is 0 Å². The maximum atomic E-state index is 10.1. The van der Waals surface area contributed by atoms with E-state index >= 15 is 0 Å². The third-order valence-corrected chi connectivity index (χ3v) is 7.09. The van der Waals surface area contributed by atoms with Crippen molar-refractivity contribution in [3.63, 3.8) is 0 Å². The summed E-state index contributed by atoms with van der Waals surface area (Å²) in [5, 5.41) is 10.1. The largest absolute Gasteiger partial charge is 0.497 e. The second-order valence-electron chi connectivity index (χ2n) is 8.18. The Balaban J connectivity index is 1.63. The lowest BCUT2D eigenvalue weighted by Crippen LogP contribution is -2.42. The van der Waals surface area contributed by atoms with Gasteiger partial charge >= 0.3 is 0 Å². The molecule has 4 bridgehead atoms. The first kappa shape index (κ1) is 15.7. The molecule has 0 saturated heterocycles. The van der Waals surface area contributed by atoms with Gasteiger partial charge in [-0.3, -0.25) is 0 Å². The molecule has 5 rings (SSSR count). The zero-order valence-corrected chi connectivity index (χ0v) is 15.6. The fourth-order valence-corrected chi connectivity index (χ4v) is 6.30. The molecule has 2 atom stereocenters. The van der Waals surface area contributed by atoms with Gasteiger partial charge in [-0.1, -0.05) is 29.0 Å². The number of aliphatic hydroxyl groups excluding tert-OH is 1. The molecule has 0 aromatic rings. The standard InChI is InChI=1S/C19H29IO2/c20-4-5-22-19(14-2-1-3-17(21)11-14)18-15-7-12-6-13(9-15)10-16(18)8-12/h12-17,21H,1-11H2. The molecule has 2 nitrogen and oxygen atoms in total. The summed E-state index contributed by atoms with van der Waals surface area (Å²) in [6, 6.07) is 0. The van der Waals surface area contributed by atoms with Gasteiger partial charge in [0.1, 0.15) is 0 Å². The van der Waals surface area contributed by atoms with Crippen LogP contribution in [-0.2, 0) is 4.74 Å². The quantitative estimate of drug-likeness (QED) is 0.409. The lowest BCUT2D eigenvalue weighted by molar-refractivity contribution is 0.0455. The van der Waals surface area contributed by atoms with Crippen LogP contribution >= 0.6 is 22.6 Å². The summed E-state index contributed by atoms with van der Waals surface area (Å²) in [4.78, 5) is 0. The van der Waals surface area contributed by atoms with Crippen LogP contribution in [0.2, 0.25) is 0 Å². The van der Waals surface area contributed by atoms with Crippen LogP contribution in [0.5, 0.6) is 0 Å². The molecule has 0 radical (unpaired) electrons. The Labute approximate surface area is 148 Å². The van der Waals surface area contributed by atoms with Gasteiger partial charge in [0.15, 0.2) is 0 Å². The Morgan fingerprint density at radius 1 is 1.00 bits per heavy atom. The number of alkyl halides is 1. The molecule has 2 unspecified atom stereocenters. The van der Waals surface area contributed by atoms with Crippen molar-refractivity contribution >= 4 is 22.6 Å². The van der Waals surface area contributed by atoms with E-state index in [0.29, 0.717) is 5.92 Å². The van der Waals surface area contributed by atoms with E-state index in [1.807, 2.05) is 0 Å². The molecule has 0 amide bonds. The average molecular weight is 416 g/mol. The van der Waals surface area contributed by atoms with E-state index < -0.39 is 0 Å². The number of allylic oxidation sites excluding steroid dienone is 2. The highest BCUT2D eigenvalue weighted by Crippen LogP contribution is 2.58. The molecule has 0 heterocycles. The highest BCUT2D eigenvalue weighted by Gasteiger charge is 2.47. The van der Waals surface area contributed by atoms with Crippen LogP contribution in [0, 0.1) is 29.6 Å². The van der Waals surface area contributed by atoms with Crippen molar-refractivity contribution in [2.45, 2.75) is 63.9 Å². The smallest absolute Gasteiger partial charge is 0.0989 e. The molecular weight excluding hydrogens is 387 g/mol. The molecule has 124 valence electrons. The summed E-state index contributed by atoms with van der Waals surface area (Å²) in [5.74, 6) is 5.51. The van der Waals surface area contributed by atoms with Gasteiger partial charge in [0.2, 0.25) is 0 Å². The molecule has 5 aliphatic carbocycles. The van der Waals surface area contributed by atoms with Gasteiger partial charge in [-0.15, -0.1) is 0 Å².